The highest BCUT2D eigenvalue weighted by molar-refractivity contribution is 9.10. The van der Waals surface area contributed by atoms with Crippen molar-refractivity contribution in [3.05, 3.63) is 74.3 Å². The molecule has 7 nitrogen and oxygen atoms in total. The monoisotopic (exact) mass is 464 g/mol. The second-order valence-electron chi connectivity index (χ2n) is 7.91. The van der Waals surface area contributed by atoms with Gasteiger partial charge in [0.2, 0.25) is 0 Å². The van der Waals surface area contributed by atoms with E-state index in [1.54, 1.807) is 6.07 Å². The number of benzene rings is 2. The summed E-state index contributed by atoms with van der Waals surface area (Å²) in [7, 11) is 0. The fourth-order valence-electron chi connectivity index (χ4n) is 4.32. The molecule has 1 aliphatic heterocycles. The van der Waals surface area contributed by atoms with Gasteiger partial charge in [-0.1, -0.05) is 34.1 Å². The Hall–Kier alpha value is -3.13. The molecule has 6 rings (SSSR count). The molecule has 0 spiro atoms. The van der Waals surface area contributed by atoms with Crippen LogP contribution in [0.3, 0.4) is 0 Å². The lowest BCUT2D eigenvalue weighted by molar-refractivity contribution is 0.0735. The summed E-state index contributed by atoms with van der Waals surface area (Å²) >= 11 is 3.49. The molecule has 0 radical (unpaired) electrons. The molecular formula is C22H17BrN4O3. The molecule has 150 valence electrons. The standard InChI is InChI=1S/C22H17BrN4O3/c23-13-8-6-12(7-9-13)19-16-17(14-2-1-3-15-20(14)30-22(29)24-15)25-26-18(16)21(28)27(19)10-11-4-5-11/h1-3,6-9,11,19H,4-5,10H2,(H,24,29)(H,25,26). The molecule has 1 amide bonds. The molecule has 0 saturated heterocycles. The lowest BCUT2D eigenvalue weighted by Crippen LogP contribution is -2.31. The number of hydrogen-bond donors (Lipinski definition) is 2. The van der Waals surface area contributed by atoms with Crippen molar-refractivity contribution in [1.82, 2.24) is 20.1 Å². The number of aromatic nitrogens is 3. The van der Waals surface area contributed by atoms with E-state index in [4.69, 9.17) is 4.42 Å². The van der Waals surface area contributed by atoms with Crippen molar-refractivity contribution >= 4 is 32.9 Å². The number of nitrogens with zero attached hydrogens (tertiary/aromatic N) is 2. The van der Waals surface area contributed by atoms with Crippen LogP contribution in [0, 0.1) is 5.92 Å². The van der Waals surface area contributed by atoms with Crippen LogP contribution >= 0.6 is 15.9 Å². The van der Waals surface area contributed by atoms with Crippen LogP contribution in [0.15, 0.2) is 56.1 Å². The Morgan fingerprint density at radius 1 is 1.13 bits per heavy atom. The molecular weight excluding hydrogens is 448 g/mol. The third-order valence-electron chi connectivity index (χ3n) is 5.90. The topological polar surface area (TPSA) is 95.0 Å². The molecule has 1 atom stereocenters. The van der Waals surface area contributed by atoms with Crippen LogP contribution in [0.1, 0.15) is 40.5 Å². The van der Waals surface area contributed by atoms with E-state index < -0.39 is 5.76 Å². The predicted molar refractivity (Wildman–Crippen MR) is 114 cm³/mol. The predicted octanol–water partition coefficient (Wildman–Crippen LogP) is 4.23. The molecule has 1 fully saturated rings. The van der Waals surface area contributed by atoms with E-state index in [1.807, 2.05) is 41.3 Å². The van der Waals surface area contributed by atoms with Gasteiger partial charge in [-0.25, -0.2) is 4.79 Å². The van der Waals surface area contributed by atoms with Crippen LogP contribution in [0.2, 0.25) is 0 Å². The highest BCUT2D eigenvalue weighted by Crippen LogP contribution is 2.45. The largest absolute Gasteiger partial charge is 0.417 e. The fourth-order valence-corrected chi connectivity index (χ4v) is 4.58. The molecule has 1 aliphatic carbocycles. The summed E-state index contributed by atoms with van der Waals surface area (Å²) in [4.78, 5) is 29.7. The summed E-state index contributed by atoms with van der Waals surface area (Å²) in [5.74, 6) is 0.00485. The van der Waals surface area contributed by atoms with Gasteiger partial charge in [0, 0.05) is 22.1 Å². The minimum atomic E-state index is -0.513. The Bertz CT molecular complexity index is 1350. The van der Waals surface area contributed by atoms with E-state index in [9.17, 15) is 9.59 Å². The van der Waals surface area contributed by atoms with Gasteiger partial charge < -0.3 is 9.32 Å². The van der Waals surface area contributed by atoms with E-state index >= 15 is 0 Å². The van der Waals surface area contributed by atoms with Gasteiger partial charge in [0.1, 0.15) is 11.4 Å². The lowest BCUT2D eigenvalue weighted by atomic mass is 9.95. The zero-order valence-electron chi connectivity index (χ0n) is 15.8. The Morgan fingerprint density at radius 3 is 2.70 bits per heavy atom. The molecule has 1 unspecified atom stereocenters. The number of hydrogen-bond acceptors (Lipinski definition) is 4. The Morgan fingerprint density at radius 2 is 1.93 bits per heavy atom. The number of amides is 1. The number of oxazole rings is 1. The van der Waals surface area contributed by atoms with Crippen molar-refractivity contribution in [1.29, 1.82) is 0 Å². The Kier molecular flexibility index (Phi) is 3.80. The minimum absolute atomic E-state index is 0.0359. The molecule has 2 aromatic heterocycles. The zero-order chi connectivity index (χ0) is 20.4. The second kappa shape index (κ2) is 6.43. The Balaban J connectivity index is 1.56. The van der Waals surface area contributed by atoms with Crippen LogP contribution in [0.5, 0.6) is 0 Å². The van der Waals surface area contributed by atoms with Crippen LogP contribution < -0.4 is 5.76 Å². The van der Waals surface area contributed by atoms with Gasteiger partial charge >= 0.3 is 5.76 Å². The Labute approximate surface area is 179 Å². The van der Waals surface area contributed by atoms with Gasteiger partial charge in [-0.2, -0.15) is 5.10 Å². The number of halogens is 1. The smallest absolute Gasteiger partial charge is 0.407 e. The number of rotatable bonds is 4. The number of carbonyl (C=O) groups is 1. The first kappa shape index (κ1) is 17.7. The third-order valence-corrected chi connectivity index (χ3v) is 6.43. The molecule has 0 bridgehead atoms. The molecule has 8 heteroatoms. The summed E-state index contributed by atoms with van der Waals surface area (Å²) in [6, 6.07) is 13.3. The third kappa shape index (κ3) is 2.67. The van der Waals surface area contributed by atoms with Gasteiger partial charge in [-0.3, -0.25) is 14.9 Å². The average molecular weight is 465 g/mol. The second-order valence-corrected chi connectivity index (χ2v) is 8.83. The van der Waals surface area contributed by atoms with Crippen molar-refractivity contribution in [3.63, 3.8) is 0 Å². The van der Waals surface area contributed by atoms with Crippen LogP contribution in [0.4, 0.5) is 0 Å². The quantitative estimate of drug-likeness (QED) is 0.472. The SMILES string of the molecule is O=C1c2[nH]nc(-c3cccc4[nH]c(=O)oc34)c2C(c2ccc(Br)cc2)N1CC1CC1. The number of carbonyl (C=O) groups excluding carboxylic acids is 1. The maximum Gasteiger partial charge on any atom is 0.417 e. The van der Waals surface area contributed by atoms with Crippen molar-refractivity contribution < 1.29 is 9.21 Å². The highest BCUT2D eigenvalue weighted by Gasteiger charge is 2.44. The molecule has 3 heterocycles. The molecule has 2 N–H and O–H groups in total. The summed E-state index contributed by atoms with van der Waals surface area (Å²) in [5, 5.41) is 7.44. The van der Waals surface area contributed by atoms with Crippen molar-refractivity contribution in [2.45, 2.75) is 18.9 Å². The molecule has 1 saturated carbocycles. The normalized spacial score (nSPS) is 18.4. The van der Waals surface area contributed by atoms with Crippen molar-refractivity contribution in [3.8, 4) is 11.3 Å². The van der Waals surface area contributed by atoms with Gasteiger partial charge in [-0.15, -0.1) is 0 Å². The molecule has 2 aromatic carbocycles. The maximum absolute atomic E-state index is 13.3. The molecule has 2 aliphatic rings. The first-order valence-electron chi connectivity index (χ1n) is 9.87. The van der Waals surface area contributed by atoms with Crippen LogP contribution in [-0.4, -0.2) is 32.5 Å². The van der Waals surface area contributed by atoms with Gasteiger partial charge in [0.25, 0.3) is 5.91 Å². The summed E-state index contributed by atoms with van der Waals surface area (Å²) in [6.45, 7) is 0.727. The van der Waals surface area contributed by atoms with Crippen molar-refractivity contribution in [2.24, 2.45) is 5.92 Å². The summed E-state index contributed by atoms with van der Waals surface area (Å²) in [5.41, 5.74) is 4.74. The van der Waals surface area contributed by atoms with Gasteiger partial charge in [0.15, 0.2) is 5.58 Å². The fraction of sp³-hybridized carbons (Fsp3) is 0.227. The van der Waals surface area contributed by atoms with Gasteiger partial charge in [-0.05, 0) is 48.6 Å². The first-order chi connectivity index (χ1) is 14.6. The average Bonchev–Trinajstić information content (AvgIpc) is 3.21. The summed E-state index contributed by atoms with van der Waals surface area (Å²) in [6.07, 6.45) is 2.31. The van der Waals surface area contributed by atoms with E-state index in [1.165, 1.54) is 0 Å². The number of fused-ring (bicyclic) bond motifs is 2. The van der Waals surface area contributed by atoms with E-state index in [2.05, 4.69) is 31.1 Å². The number of H-pyrrole nitrogens is 2. The maximum atomic E-state index is 13.3. The minimum Gasteiger partial charge on any atom is -0.407 e. The lowest BCUT2D eigenvalue weighted by Gasteiger charge is -2.26. The number of para-hydroxylation sites is 1. The molecule has 4 aromatic rings. The van der Waals surface area contributed by atoms with Crippen molar-refractivity contribution in [2.75, 3.05) is 6.54 Å². The first-order valence-corrected chi connectivity index (χ1v) is 10.7. The van der Waals surface area contributed by atoms with E-state index in [0.717, 1.165) is 35.0 Å². The van der Waals surface area contributed by atoms with E-state index in [-0.39, 0.29) is 11.9 Å². The zero-order valence-corrected chi connectivity index (χ0v) is 17.4. The van der Waals surface area contributed by atoms with E-state index in [0.29, 0.717) is 34.0 Å². The van der Waals surface area contributed by atoms with Gasteiger partial charge in [0.05, 0.1) is 11.6 Å². The van der Waals surface area contributed by atoms with Crippen LogP contribution in [0.25, 0.3) is 22.4 Å². The van der Waals surface area contributed by atoms with Crippen LogP contribution in [-0.2, 0) is 0 Å². The summed E-state index contributed by atoms with van der Waals surface area (Å²) < 4.78 is 6.38. The number of aromatic amines is 2. The highest BCUT2D eigenvalue weighted by atomic mass is 79.9. The number of nitrogens with one attached hydrogen (secondary N) is 2. The molecule has 30 heavy (non-hydrogen) atoms.